The predicted molar refractivity (Wildman–Crippen MR) is 118 cm³/mol. The van der Waals surface area contributed by atoms with E-state index in [1.54, 1.807) is 0 Å². The van der Waals surface area contributed by atoms with Crippen LogP contribution >= 0.6 is 0 Å². The fraction of sp³-hybridized carbons (Fsp3) is 0.130. The van der Waals surface area contributed by atoms with Crippen molar-refractivity contribution in [3.63, 3.8) is 0 Å². The zero-order valence-electron chi connectivity index (χ0n) is 17.4. The number of rotatable bonds is 7. The second-order valence-electron chi connectivity index (χ2n) is 7.00. The van der Waals surface area contributed by atoms with Crippen LogP contribution in [-0.2, 0) is 19.6 Å². The first-order valence-corrected chi connectivity index (χ1v) is 11.1. The predicted octanol–water partition coefficient (Wildman–Crippen LogP) is 4.04. The van der Waals surface area contributed by atoms with E-state index >= 15 is 0 Å². The zero-order valence-corrected chi connectivity index (χ0v) is 18.2. The molecule has 0 aromatic heterocycles. The number of para-hydroxylation sites is 2. The molecule has 0 spiro atoms. The Balaban J connectivity index is 1.70. The molecule has 3 aromatic carbocycles. The first-order valence-electron chi connectivity index (χ1n) is 9.58. The molecule has 32 heavy (non-hydrogen) atoms. The maximum atomic E-state index is 13.1. The number of nitrogens with one attached hydrogen (secondary N) is 2. The zero-order chi connectivity index (χ0) is 23.3. The lowest BCUT2D eigenvalue weighted by Gasteiger charge is -2.13. The summed E-state index contributed by atoms with van der Waals surface area (Å²) in [5.74, 6) is -1.98. The van der Waals surface area contributed by atoms with E-state index < -0.39 is 34.3 Å². The van der Waals surface area contributed by atoms with Gasteiger partial charge >= 0.3 is 5.97 Å². The number of carbonyl (C=O) groups excluding carboxylic acids is 2. The van der Waals surface area contributed by atoms with Gasteiger partial charge in [-0.05, 0) is 61.4 Å². The largest absolute Gasteiger partial charge is 0.452 e. The minimum absolute atomic E-state index is 0.0306. The van der Waals surface area contributed by atoms with Crippen LogP contribution in [0.3, 0.4) is 0 Å². The molecule has 0 aliphatic rings. The van der Waals surface area contributed by atoms with E-state index in [2.05, 4.69) is 10.0 Å². The highest BCUT2D eigenvalue weighted by Crippen LogP contribution is 2.22. The van der Waals surface area contributed by atoms with Crippen molar-refractivity contribution in [3.8, 4) is 0 Å². The highest BCUT2D eigenvalue weighted by Gasteiger charge is 2.20. The van der Waals surface area contributed by atoms with Crippen LogP contribution < -0.4 is 10.0 Å². The van der Waals surface area contributed by atoms with Crippen molar-refractivity contribution in [1.29, 1.82) is 0 Å². The van der Waals surface area contributed by atoms with Gasteiger partial charge in [-0.2, -0.15) is 0 Å². The molecule has 0 aliphatic heterocycles. The average Bonchev–Trinajstić information content (AvgIpc) is 2.75. The summed E-state index contributed by atoms with van der Waals surface area (Å²) in [4.78, 5) is 24.6. The summed E-state index contributed by atoms with van der Waals surface area (Å²) in [6, 6.07) is 15.6. The van der Waals surface area contributed by atoms with Gasteiger partial charge in [0.1, 0.15) is 5.82 Å². The fourth-order valence-corrected chi connectivity index (χ4v) is 4.04. The number of anilines is 2. The molecule has 0 saturated carbocycles. The molecule has 0 unspecified atom stereocenters. The molecule has 0 atom stereocenters. The highest BCUT2D eigenvalue weighted by atomic mass is 32.2. The second kappa shape index (κ2) is 9.61. The van der Waals surface area contributed by atoms with Crippen LogP contribution in [0.4, 0.5) is 15.8 Å². The number of hydrogen-bond donors (Lipinski definition) is 2. The molecule has 0 bridgehead atoms. The normalized spacial score (nSPS) is 11.0. The van der Waals surface area contributed by atoms with Gasteiger partial charge in [-0.3, -0.25) is 9.52 Å². The Hall–Kier alpha value is -3.72. The smallest absolute Gasteiger partial charge is 0.340 e. The standard InChI is InChI=1S/C23H21FN2O5S/c1-15-6-5-7-16(2)22(15)25-21(27)14-31-23(28)19-8-3-4-9-20(19)26-32(29,30)18-12-10-17(24)11-13-18/h3-13,26H,14H2,1-2H3,(H,25,27). The molecular formula is C23H21FN2O5S. The number of amides is 1. The second-order valence-corrected chi connectivity index (χ2v) is 8.68. The van der Waals surface area contributed by atoms with Gasteiger partial charge in [0.05, 0.1) is 16.1 Å². The monoisotopic (exact) mass is 456 g/mol. The van der Waals surface area contributed by atoms with Crippen molar-refractivity contribution >= 4 is 33.3 Å². The molecule has 2 N–H and O–H groups in total. The molecule has 9 heteroatoms. The Bertz CT molecular complexity index is 1240. The van der Waals surface area contributed by atoms with Gasteiger partial charge in [0.25, 0.3) is 15.9 Å². The minimum atomic E-state index is -4.07. The van der Waals surface area contributed by atoms with Crippen molar-refractivity contribution in [1.82, 2.24) is 0 Å². The first-order chi connectivity index (χ1) is 15.2. The summed E-state index contributed by atoms with van der Waals surface area (Å²) < 4.78 is 45.6. The number of sulfonamides is 1. The molecular weight excluding hydrogens is 435 g/mol. The quantitative estimate of drug-likeness (QED) is 0.523. The van der Waals surface area contributed by atoms with Gasteiger partial charge < -0.3 is 10.1 Å². The minimum Gasteiger partial charge on any atom is -0.452 e. The van der Waals surface area contributed by atoms with Gasteiger partial charge in [0.15, 0.2) is 6.61 Å². The topological polar surface area (TPSA) is 102 Å². The Kier molecular flexibility index (Phi) is 6.89. The molecule has 3 aromatic rings. The van der Waals surface area contributed by atoms with Crippen molar-refractivity contribution in [2.24, 2.45) is 0 Å². The van der Waals surface area contributed by atoms with Gasteiger partial charge in [-0.1, -0.05) is 30.3 Å². The Morgan fingerprint density at radius 1 is 0.906 bits per heavy atom. The van der Waals surface area contributed by atoms with E-state index in [0.717, 1.165) is 35.4 Å². The van der Waals surface area contributed by atoms with Crippen LogP contribution in [0.15, 0.2) is 71.6 Å². The summed E-state index contributed by atoms with van der Waals surface area (Å²) >= 11 is 0. The van der Waals surface area contributed by atoms with Crippen LogP contribution in [-0.4, -0.2) is 26.9 Å². The summed E-state index contributed by atoms with van der Waals surface area (Å²) in [5, 5.41) is 2.71. The number of hydrogen-bond acceptors (Lipinski definition) is 5. The molecule has 7 nitrogen and oxygen atoms in total. The van der Waals surface area contributed by atoms with E-state index in [9.17, 15) is 22.4 Å². The number of aryl methyl sites for hydroxylation is 2. The fourth-order valence-electron chi connectivity index (χ4n) is 2.96. The molecule has 166 valence electrons. The van der Waals surface area contributed by atoms with Crippen molar-refractivity contribution < 1.29 is 27.1 Å². The van der Waals surface area contributed by atoms with Gasteiger partial charge in [-0.25, -0.2) is 17.6 Å². The summed E-state index contributed by atoms with van der Waals surface area (Å²) in [6.07, 6.45) is 0. The van der Waals surface area contributed by atoms with E-state index in [1.807, 2.05) is 32.0 Å². The summed E-state index contributed by atoms with van der Waals surface area (Å²) in [6.45, 7) is 3.14. The third-order valence-corrected chi connectivity index (χ3v) is 5.98. The third-order valence-electron chi connectivity index (χ3n) is 4.60. The Morgan fingerprint density at radius 2 is 1.53 bits per heavy atom. The maximum Gasteiger partial charge on any atom is 0.340 e. The molecule has 0 radical (unpaired) electrons. The van der Waals surface area contributed by atoms with Crippen LogP contribution in [0.2, 0.25) is 0 Å². The van der Waals surface area contributed by atoms with E-state index in [-0.39, 0.29) is 16.1 Å². The molecule has 0 aliphatic carbocycles. The first kappa shape index (κ1) is 23.0. The summed E-state index contributed by atoms with van der Waals surface area (Å²) in [7, 11) is -4.07. The van der Waals surface area contributed by atoms with Gasteiger partial charge in [0, 0.05) is 5.69 Å². The van der Waals surface area contributed by atoms with Crippen LogP contribution in [0.25, 0.3) is 0 Å². The van der Waals surface area contributed by atoms with Crippen LogP contribution in [0.1, 0.15) is 21.5 Å². The molecule has 3 rings (SSSR count). The lowest BCUT2D eigenvalue weighted by molar-refractivity contribution is -0.119. The van der Waals surface area contributed by atoms with Gasteiger partial charge in [0.2, 0.25) is 0 Å². The van der Waals surface area contributed by atoms with Crippen molar-refractivity contribution in [3.05, 3.63) is 89.2 Å². The van der Waals surface area contributed by atoms with E-state index in [4.69, 9.17) is 4.74 Å². The molecule has 0 fully saturated rings. The number of esters is 1. The molecule has 1 amide bonds. The summed E-state index contributed by atoms with van der Waals surface area (Å²) in [5.41, 5.74) is 2.27. The average molecular weight is 456 g/mol. The number of ether oxygens (including phenoxy) is 1. The van der Waals surface area contributed by atoms with Gasteiger partial charge in [-0.15, -0.1) is 0 Å². The number of benzene rings is 3. The third kappa shape index (κ3) is 5.50. The highest BCUT2D eigenvalue weighted by molar-refractivity contribution is 7.92. The maximum absolute atomic E-state index is 13.1. The van der Waals surface area contributed by atoms with Crippen molar-refractivity contribution in [2.75, 3.05) is 16.6 Å². The van der Waals surface area contributed by atoms with Crippen molar-refractivity contribution in [2.45, 2.75) is 18.7 Å². The Labute approximate surface area is 185 Å². The SMILES string of the molecule is Cc1cccc(C)c1NC(=O)COC(=O)c1ccccc1NS(=O)(=O)c1ccc(F)cc1. The van der Waals surface area contributed by atoms with E-state index in [0.29, 0.717) is 5.69 Å². The van der Waals surface area contributed by atoms with Crippen LogP contribution in [0.5, 0.6) is 0 Å². The van der Waals surface area contributed by atoms with Crippen LogP contribution in [0, 0.1) is 19.7 Å². The lowest BCUT2D eigenvalue weighted by atomic mass is 10.1. The Morgan fingerprint density at radius 3 is 2.19 bits per heavy atom. The molecule has 0 heterocycles. The number of carbonyl (C=O) groups is 2. The lowest BCUT2D eigenvalue weighted by Crippen LogP contribution is -2.22. The van der Waals surface area contributed by atoms with E-state index in [1.165, 1.54) is 24.3 Å². The molecule has 0 saturated heterocycles. The number of halogens is 1.